The van der Waals surface area contributed by atoms with Crippen LogP contribution >= 0.6 is 46.4 Å². The molecule has 1 aliphatic heterocycles. The van der Waals surface area contributed by atoms with Crippen LogP contribution in [-0.4, -0.2) is 48.0 Å². The third kappa shape index (κ3) is 5.58. The van der Waals surface area contributed by atoms with Crippen LogP contribution < -0.4 is 15.5 Å². The highest BCUT2D eigenvalue weighted by atomic mass is 127. The van der Waals surface area contributed by atoms with Gasteiger partial charge in [-0.2, -0.15) is 0 Å². The Kier molecular flexibility index (Phi) is 7.31. The molecule has 0 saturated carbocycles. The average molecular weight is 543 g/mol. The monoisotopic (exact) mass is 542 g/mol. The van der Waals surface area contributed by atoms with E-state index in [1.165, 1.54) is 0 Å². The van der Waals surface area contributed by atoms with E-state index in [-0.39, 0.29) is 16.9 Å². The van der Waals surface area contributed by atoms with E-state index >= 15 is 0 Å². The lowest BCUT2D eigenvalue weighted by atomic mass is 10.2. The summed E-state index contributed by atoms with van der Waals surface area (Å²) < 4.78 is 0.908. The molecule has 0 unspecified atom stereocenters. The van der Waals surface area contributed by atoms with Gasteiger partial charge in [0.1, 0.15) is 0 Å². The molecule has 0 aromatic heterocycles. The molecule has 1 aliphatic rings. The SMILES string of the molecule is CC(=O)N1CCN(c2ccccc2NC(=S)NC(=O)c2cc(I)ccc2Cl)CC1. The van der Waals surface area contributed by atoms with Crippen LogP contribution in [-0.2, 0) is 4.79 Å². The molecule has 2 amide bonds. The maximum absolute atomic E-state index is 12.5. The highest BCUT2D eigenvalue weighted by Gasteiger charge is 2.21. The second-order valence-corrected chi connectivity index (χ2v) is 8.60. The van der Waals surface area contributed by atoms with Crippen molar-refractivity contribution in [2.75, 3.05) is 36.4 Å². The lowest BCUT2D eigenvalue weighted by Crippen LogP contribution is -2.48. The Labute approximate surface area is 193 Å². The molecule has 2 aromatic rings. The zero-order valence-electron chi connectivity index (χ0n) is 15.7. The van der Waals surface area contributed by atoms with Gasteiger partial charge in [0.15, 0.2) is 5.11 Å². The fourth-order valence-electron chi connectivity index (χ4n) is 3.11. The highest BCUT2D eigenvalue weighted by molar-refractivity contribution is 14.1. The number of nitrogens with zero attached hydrogens (tertiary/aromatic N) is 2. The van der Waals surface area contributed by atoms with Crippen molar-refractivity contribution in [1.29, 1.82) is 0 Å². The van der Waals surface area contributed by atoms with Crippen LogP contribution in [0.1, 0.15) is 17.3 Å². The third-order valence-corrected chi connectivity index (χ3v) is 5.82. The molecule has 0 atom stereocenters. The van der Waals surface area contributed by atoms with Crippen molar-refractivity contribution in [3.8, 4) is 0 Å². The lowest BCUT2D eigenvalue weighted by molar-refractivity contribution is -0.129. The Bertz CT molecular complexity index is 948. The molecule has 1 heterocycles. The van der Waals surface area contributed by atoms with E-state index in [4.69, 9.17) is 23.8 Å². The Hall–Kier alpha value is -1.91. The van der Waals surface area contributed by atoms with E-state index in [1.807, 2.05) is 35.2 Å². The number of nitrogens with one attached hydrogen (secondary N) is 2. The first-order chi connectivity index (χ1) is 13.8. The molecular formula is C20H20ClIN4O2S. The summed E-state index contributed by atoms with van der Waals surface area (Å²) in [6.07, 6.45) is 0. The largest absolute Gasteiger partial charge is 0.366 e. The normalized spacial score (nSPS) is 13.8. The fraction of sp³-hybridized carbons (Fsp3) is 0.250. The van der Waals surface area contributed by atoms with Crippen LogP contribution in [0.15, 0.2) is 42.5 Å². The van der Waals surface area contributed by atoms with Crippen molar-refractivity contribution in [1.82, 2.24) is 10.2 Å². The van der Waals surface area contributed by atoms with Crippen molar-refractivity contribution in [2.24, 2.45) is 0 Å². The number of amides is 2. The van der Waals surface area contributed by atoms with Gasteiger partial charge >= 0.3 is 0 Å². The van der Waals surface area contributed by atoms with Gasteiger partial charge in [-0.3, -0.25) is 14.9 Å². The average Bonchev–Trinajstić information content (AvgIpc) is 2.70. The molecule has 1 saturated heterocycles. The molecule has 2 N–H and O–H groups in total. The minimum Gasteiger partial charge on any atom is -0.366 e. The zero-order valence-corrected chi connectivity index (χ0v) is 19.5. The Morgan fingerprint density at radius 1 is 1.10 bits per heavy atom. The molecule has 0 spiro atoms. The molecule has 3 rings (SSSR count). The summed E-state index contributed by atoms with van der Waals surface area (Å²) >= 11 is 13.6. The van der Waals surface area contributed by atoms with Crippen molar-refractivity contribution in [2.45, 2.75) is 6.92 Å². The number of rotatable bonds is 3. The van der Waals surface area contributed by atoms with Crippen molar-refractivity contribution in [3.05, 3.63) is 56.6 Å². The molecule has 29 heavy (non-hydrogen) atoms. The van der Waals surface area contributed by atoms with E-state index in [0.717, 1.165) is 28.0 Å². The Morgan fingerprint density at radius 2 is 1.79 bits per heavy atom. The number of thiocarbonyl (C=S) groups is 1. The first-order valence-electron chi connectivity index (χ1n) is 9.02. The predicted molar refractivity (Wildman–Crippen MR) is 129 cm³/mol. The molecule has 0 aliphatic carbocycles. The molecule has 0 radical (unpaired) electrons. The summed E-state index contributed by atoms with van der Waals surface area (Å²) in [5.41, 5.74) is 2.14. The molecular weight excluding hydrogens is 523 g/mol. The van der Waals surface area contributed by atoms with E-state index < -0.39 is 0 Å². The molecule has 9 heteroatoms. The van der Waals surface area contributed by atoms with Gasteiger partial charge < -0.3 is 15.1 Å². The Morgan fingerprint density at radius 3 is 2.48 bits per heavy atom. The minimum absolute atomic E-state index is 0.0918. The number of benzene rings is 2. The minimum atomic E-state index is -0.362. The lowest BCUT2D eigenvalue weighted by Gasteiger charge is -2.36. The van der Waals surface area contributed by atoms with Gasteiger partial charge in [0.25, 0.3) is 5.91 Å². The van der Waals surface area contributed by atoms with Crippen molar-refractivity contribution < 1.29 is 9.59 Å². The summed E-state index contributed by atoms with van der Waals surface area (Å²) in [7, 11) is 0. The topological polar surface area (TPSA) is 64.7 Å². The summed E-state index contributed by atoms with van der Waals surface area (Å²) in [5, 5.41) is 6.36. The number of carbonyl (C=O) groups excluding carboxylic acids is 2. The second kappa shape index (κ2) is 9.73. The standard InChI is InChI=1S/C20H20ClIN4O2S/c1-13(27)25-8-10-26(11-9-25)18-5-3-2-4-17(18)23-20(29)24-19(28)15-12-14(22)6-7-16(15)21/h2-7,12H,8-11H2,1H3,(H2,23,24,28,29). The van der Waals surface area contributed by atoms with Gasteiger partial charge in [-0.25, -0.2) is 0 Å². The molecule has 152 valence electrons. The summed E-state index contributed by atoms with van der Waals surface area (Å²) in [4.78, 5) is 28.1. The first-order valence-corrected chi connectivity index (χ1v) is 10.9. The maximum Gasteiger partial charge on any atom is 0.258 e. The number of para-hydroxylation sites is 2. The predicted octanol–water partition coefficient (Wildman–Crippen LogP) is 3.74. The van der Waals surface area contributed by atoms with Gasteiger partial charge in [0, 0.05) is 36.7 Å². The molecule has 0 bridgehead atoms. The van der Waals surface area contributed by atoms with Gasteiger partial charge in [0.2, 0.25) is 5.91 Å². The van der Waals surface area contributed by atoms with Crippen LogP contribution in [0, 0.1) is 3.57 Å². The van der Waals surface area contributed by atoms with Crippen LogP contribution in [0.4, 0.5) is 11.4 Å². The second-order valence-electron chi connectivity index (χ2n) is 6.54. The highest BCUT2D eigenvalue weighted by Crippen LogP contribution is 2.27. The maximum atomic E-state index is 12.5. The van der Waals surface area contributed by atoms with Crippen molar-refractivity contribution >= 4 is 74.7 Å². The molecule has 1 fully saturated rings. The summed E-state index contributed by atoms with van der Waals surface area (Å²) in [5.74, 6) is -0.271. The van der Waals surface area contributed by atoms with Crippen LogP contribution in [0.5, 0.6) is 0 Å². The van der Waals surface area contributed by atoms with Crippen LogP contribution in [0.2, 0.25) is 5.02 Å². The van der Waals surface area contributed by atoms with Gasteiger partial charge in [-0.1, -0.05) is 23.7 Å². The fourth-order valence-corrected chi connectivity index (χ4v) is 4.01. The van der Waals surface area contributed by atoms with E-state index in [2.05, 4.69) is 38.1 Å². The molecule has 2 aromatic carbocycles. The van der Waals surface area contributed by atoms with Gasteiger partial charge in [0.05, 0.1) is 22.0 Å². The number of halogens is 2. The number of anilines is 2. The third-order valence-electron chi connectivity index (χ3n) is 4.62. The number of hydrogen-bond acceptors (Lipinski definition) is 4. The van der Waals surface area contributed by atoms with Gasteiger partial charge in [-0.15, -0.1) is 0 Å². The smallest absolute Gasteiger partial charge is 0.258 e. The van der Waals surface area contributed by atoms with Crippen molar-refractivity contribution in [3.63, 3.8) is 0 Å². The van der Waals surface area contributed by atoms with E-state index in [9.17, 15) is 9.59 Å². The van der Waals surface area contributed by atoms with Crippen LogP contribution in [0.3, 0.4) is 0 Å². The van der Waals surface area contributed by atoms with Gasteiger partial charge in [-0.05, 0) is 65.1 Å². The van der Waals surface area contributed by atoms with E-state index in [1.54, 1.807) is 19.1 Å². The molecule has 6 nitrogen and oxygen atoms in total. The van der Waals surface area contributed by atoms with E-state index in [0.29, 0.717) is 23.7 Å². The Balaban J connectivity index is 1.68. The van der Waals surface area contributed by atoms with Crippen LogP contribution in [0.25, 0.3) is 0 Å². The number of carbonyl (C=O) groups is 2. The first kappa shape index (κ1) is 21.8. The summed E-state index contributed by atoms with van der Waals surface area (Å²) in [6.45, 7) is 4.41. The quantitative estimate of drug-likeness (QED) is 0.457. The number of hydrogen-bond donors (Lipinski definition) is 2. The number of piperazine rings is 1. The summed E-state index contributed by atoms with van der Waals surface area (Å²) in [6, 6.07) is 13.0. The zero-order chi connectivity index (χ0) is 21.0.